The third-order valence-electron chi connectivity index (χ3n) is 5.77. The van der Waals surface area contributed by atoms with Crippen LogP contribution in [0, 0.1) is 0 Å². The van der Waals surface area contributed by atoms with E-state index in [1.54, 1.807) is 18.2 Å². The van der Waals surface area contributed by atoms with Crippen molar-refractivity contribution in [2.75, 3.05) is 31.6 Å². The lowest BCUT2D eigenvalue weighted by Crippen LogP contribution is -2.63. The van der Waals surface area contributed by atoms with Crippen LogP contribution in [0.1, 0.15) is 12.0 Å². The van der Waals surface area contributed by atoms with Gasteiger partial charge in [0.1, 0.15) is 0 Å². The van der Waals surface area contributed by atoms with Gasteiger partial charge in [0.15, 0.2) is 11.9 Å². The minimum absolute atomic E-state index is 0.00833. The molecule has 2 aliphatic heterocycles. The number of nitrogens with one attached hydrogen (secondary N) is 1. The summed E-state index contributed by atoms with van der Waals surface area (Å²) in [6, 6.07) is 11.1. The van der Waals surface area contributed by atoms with E-state index in [4.69, 9.17) is 4.74 Å². The van der Waals surface area contributed by atoms with E-state index in [1.807, 2.05) is 0 Å². The van der Waals surface area contributed by atoms with Gasteiger partial charge in [-0.3, -0.25) is 0 Å². The Kier molecular flexibility index (Phi) is 6.10. The van der Waals surface area contributed by atoms with Crippen molar-refractivity contribution in [1.82, 2.24) is 9.21 Å². The summed E-state index contributed by atoms with van der Waals surface area (Å²) in [5.41, 5.74) is -3.26. The van der Waals surface area contributed by atoms with Gasteiger partial charge in [-0.25, -0.2) is 17.6 Å². The second kappa shape index (κ2) is 8.58. The molecule has 2 fully saturated rings. The van der Waals surface area contributed by atoms with Gasteiger partial charge >= 0.3 is 12.2 Å². The molecule has 1 N–H and O–H groups in total. The van der Waals surface area contributed by atoms with E-state index < -0.39 is 51.9 Å². The van der Waals surface area contributed by atoms with Gasteiger partial charge < -0.3 is 15.0 Å². The standard InChI is InChI=1S/C21H21F4N3O4S/c22-18-14-27(19(29)26-17-9-5-4-8-16(17)21(23,24)25)11-10-20(18)28(12-13-32-20)33(30,31)15-6-2-1-3-7-15/h1-9,18H,10-14H2,(H,26,29). The van der Waals surface area contributed by atoms with Gasteiger partial charge in [-0.2, -0.15) is 17.5 Å². The zero-order valence-electron chi connectivity index (χ0n) is 17.3. The molecule has 0 aromatic heterocycles. The van der Waals surface area contributed by atoms with E-state index in [1.165, 1.54) is 24.3 Å². The molecular formula is C21H21F4N3O4S. The van der Waals surface area contributed by atoms with Crippen LogP contribution in [-0.4, -0.2) is 61.8 Å². The Balaban J connectivity index is 1.52. The molecule has 2 amide bonds. The zero-order chi connectivity index (χ0) is 23.9. The maximum atomic E-state index is 15.4. The molecule has 0 bridgehead atoms. The molecule has 12 heteroatoms. The summed E-state index contributed by atoms with van der Waals surface area (Å²) in [7, 11) is -4.06. The van der Waals surface area contributed by atoms with Gasteiger partial charge in [0, 0.05) is 19.5 Å². The molecule has 2 atom stereocenters. The summed E-state index contributed by atoms with van der Waals surface area (Å²) in [6.07, 6.45) is -6.76. The average molecular weight is 487 g/mol. The molecule has 0 saturated carbocycles. The number of nitrogens with zero attached hydrogens (tertiary/aromatic N) is 2. The first-order valence-electron chi connectivity index (χ1n) is 10.1. The van der Waals surface area contributed by atoms with Crippen molar-refractivity contribution >= 4 is 21.7 Å². The number of hydrogen-bond acceptors (Lipinski definition) is 4. The van der Waals surface area contributed by atoms with Gasteiger partial charge in [0.2, 0.25) is 10.0 Å². The number of benzene rings is 2. The molecule has 2 aromatic carbocycles. The number of para-hydroxylation sites is 1. The lowest BCUT2D eigenvalue weighted by molar-refractivity contribution is -0.137. The quantitative estimate of drug-likeness (QED) is 0.670. The first-order chi connectivity index (χ1) is 15.6. The molecular weight excluding hydrogens is 466 g/mol. The maximum absolute atomic E-state index is 15.4. The van der Waals surface area contributed by atoms with Crippen LogP contribution in [0.3, 0.4) is 0 Å². The maximum Gasteiger partial charge on any atom is 0.418 e. The van der Waals surface area contributed by atoms with Crippen LogP contribution in [0.2, 0.25) is 0 Å². The predicted octanol–water partition coefficient (Wildman–Crippen LogP) is 3.70. The van der Waals surface area contributed by atoms with E-state index >= 15 is 4.39 Å². The highest BCUT2D eigenvalue weighted by Crippen LogP contribution is 2.40. The molecule has 2 aliphatic rings. The molecule has 1 spiro atoms. The fourth-order valence-corrected chi connectivity index (χ4v) is 5.89. The van der Waals surface area contributed by atoms with E-state index in [0.717, 1.165) is 21.3 Å². The normalized spacial score (nSPS) is 24.2. The lowest BCUT2D eigenvalue weighted by Gasteiger charge is -2.44. The number of alkyl halides is 4. The number of rotatable bonds is 3. The summed E-state index contributed by atoms with van der Waals surface area (Å²) >= 11 is 0. The molecule has 0 radical (unpaired) electrons. The number of anilines is 1. The monoisotopic (exact) mass is 487 g/mol. The van der Waals surface area contributed by atoms with Crippen molar-refractivity contribution in [3.8, 4) is 0 Å². The van der Waals surface area contributed by atoms with Crippen molar-refractivity contribution < 1.29 is 35.5 Å². The summed E-state index contributed by atoms with van der Waals surface area (Å²) in [6.45, 7) is -0.720. The van der Waals surface area contributed by atoms with Gasteiger partial charge in [0.05, 0.1) is 29.3 Å². The first-order valence-corrected chi connectivity index (χ1v) is 11.6. The number of carbonyl (C=O) groups is 1. The van der Waals surface area contributed by atoms with Gasteiger partial charge in [-0.1, -0.05) is 30.3 Å². The Morgan fingerprint density at radius 2 is 1.73 bits per heavy atom. The van der Waals surface area contributed by atoms with E-state index in [0.29, 0.717) is 0 Å². The third-order valence-corrected chi connectivity index (χ3v) is 7.71. The smallest absolute Gasteiger partial charge is 0.355 e. The Morgan fingerprint density at radius 1 is 1.06 bits per heavy atom. The van der Waals surface area contributed by atoms with Crippen LogP contribution in [0.4, 0.5) is 28.0 Å². The molecule has 0 aliphatic carbocycles. The number of ether oxygens (including phenoxy) is 1. The Labute approximate surface area is 188 Å². The number of piperidine rings is 1. The highest BCUT2D eigenvalue weighted by molar-refractivity contribution is 7.89. The average Bonchev–Trinajstić information content (AvgIpc) is 3.21. The largest absolute Gasteiger partial charge is 0.418 e. The van der Waals surface area contributed by atoms with E-state index in [2.05, 4.69) is 5.32 Å². The number of hydrogen-bond donors (Lipinski definition) is 1. The molecule has 178 valence electrons. The SMILES string of the molecule is O=C(Nc1ccccc1C(F)(F)F)N1CCC2(OCCN2S(=O)(=O)c2ccccc2)C(F)C1. The zero-order valence-corrected chi connectivity index (χ0v) is 18.1. The summed E-state index contributed by atoms with van der Waals surface area (Å²) in [4.78, 5) is 13.6. The van der Waals surface area contributed by atoms with Gasteiger partial charge in [0.25, 0.3) is 0 Å². The molecule has 2 unspecified atom stereocenters. The highest BCUT2D eigenvalue weighted by atomic mass is 32.2. The topological polar surface area (TPSA) is 79.0 Å². The predicted molar refractivity (Wildman–Crippen MR) is 111 cm³/mol. The van der Waals surface area contributed by atoms with Crippen LogP contribution >= 0.6 is 0 Å². The minimum Gasteiger partial charge on any atom is -0.355 e. The van der Waals surface area contributed by atoms with Crippen molar-refractivity contribution in [3.63, 3.8) is 0 Å². The van der Waals surface area contributed by atoms with Crippen LogP contribution < -0.4 is 5.32 Å². The minimum atomic E-state index is -4.68. The second-order valence-electron chi connectivity index (χ2n) is 7.72. The Morgan fingerprint density at radius 3 is 2.39 bits per heavy atom. The van der Waals surface area contributed by atoms with Gasteiger partial charge in [-0.05, 0) is 24.3 Å². The molecule has 4 rings (SSSR count). The fourth-order valence-electron chi connectivity index (χ4n) is 4.15. The van der Waals surface area contributed by atoms with Crippen LogP contribution in [0.15, 0.2) is 59.5 Å². The fraction of sp³-hybridized carbons (Fsp3) is 0.381. The van der Waals surface area contributed by atoms with Crippen LogP contribution in [0.25, 0.3) is 0 Å². The highest BCUT2D eigenvalue weighted by Gasteiger charge is 2.57. The van der Waals surface area contributed by atoms with E-state index in [-0.39, 0.29) is 31.0 Å². The molecule has 2 aromatic rings. The van der Waals surface area contributed by atoms with Crippen molar-refractivity contribution in [2.45, 2.75) is 29.4 Å². The van der Waals surface area contributed by atoms with Crippen molar-refractivity contribution in [1.29, 1.82) is 0 Å². The van der Waals surface area contributed by atoms with Crippen molar-refractivity contribution in [3.05, 3.63) is 60.2 Å². The first kappa shape index (κ1) is 23.5. The third kappa shape index (κ3) is 4.30. The molecule has 2 heterocycles. The second-order valence-corrected chi connectivity index (χ2v) is 9.58. The molecule has 33 heavy (non-hydrogen) atoms. The van der Waals surface area contributed by atoms with Crippen LogP contribution in [-0.2, 0) is 20.9 Å². The number of halogens is 4. The summed E-state index contributed by atoms with van der Waals surface area (Å²) in [5.74, 6) is 0. The van der Waals surface area contributed by atoms with Crippen LogP contribution in [0.5, 0.6) is 0 Å². The Hall–Kier alpha value is -2.70. The molecule has 2 saturated heterocycles. The number of carbonyl (C=O) groups excluding carboxylic acids is 1. The lowest BCUT2D eigenvalue weighted by atomic mass is 9.99. The number of amides is 2. The number of sulfonamides is 1. The summed E-state index contributed by atoms with van der Waals surface area (Å²) < 4.78 is 87.8. The summed E-state index contributed by atoms with van der Waals surface area (Å²) in [5, 5.41) is 2.18. The number of likely N-dealkylation sites (tertiary alicyclic amines) is 1. The molecule has 7 nitrogen and oxygen atoms in total. The van der Waals surface area contributed by atoms with E-state index in [9.17, 15) is 26.4 Å². The Bertz CT molecular complexity index is 1130. The number of urea groups is 1. The van der Waals surface area contributed by atoms with Gasteiger partial charge in [-0.15, -0.1) is 0 Å². The van der Waals surface area contributed by atoms with Crippen molar-refractivity contribution in [2.24, 2.45) is 0 Å².